The van der Waals surface area contributed by atoms with Gasteiger partial charge < -0.3 is 10.6 Å². The maximum atomic E-state index is 11.9. The van der Waals surface area contributed by atoms with Gasteiger partial charge in [0.15, 0.2) is 0 Å². The lowest BCUT2D eigenvalue weighted by Crippen LogP contribution is -2.21. The Morgan fingerprint density at radius 1 is 1.20 bits per heavy atom. The van der Waals surface area contributed by atoms with Crippen LogP contribution in [-0.4, -0.2) is 24.2 Å². The Balaban J connectivity index is 2.57. The average Bonchev–Trinajstić information content (AvgIpc) is 2.15. The summed E-state index contributed by atoms with van der Waals surface area (Å²) in [6, 6.07) is 4.83. The van der Waals surface area contributed by atoms with E-state index in [2.05, 4.69) is 15.6 Å². The Hall–Kier alpha value is -1.46. The van der Waals surface area contributed by atoms with Crippen molar-refractivity contribution < 1.29 is 13.2 Å². The molecule has 0 aliphatic heterocycles. The lowest BCUT2D eigenvalue weighted by molar-refractivity contribution is -0.115. The number of hydrogen-bond acceptors (Lipinski definition) is 3. The predicted molar refractivity (Wildman–Crippen MR) is 52.9 cm³/mol. The van der Waals surface area contributed by atoms with Crippen LogP contribution < -0.4 is 10.6 Å². The number of halogens is 3. The molecule has 0 saturated carbocycles. The number of nitrogens with zero attached hydrogens (tertiary/aromatic N) is 1. The average molecular weight is 219 g/mol. The highest BCUT2D eigenvalue weighted by Gasteiger charge is 2.26. The molecule has 0 saturated heterocycles. The smallest absolute Gasteiger partial charge is 0.370 e. The summed E-state index contributed by atoms with van der Waals surface area (Å²) in [4.78, 5) is 3.94. The fourth-order valence-electron chi connectivity index (χ4n) is 1.00. The van der Waals surface area contributed by atoms with Crippen molar-refractivity contribution in [3.05, 3.63) is 18.2 Å². The van der Waals surface area contributed by atoms with Gasteiger partial charge in [0.05, 0.1) is 0 Å². The highest BCUT2D eigenvalue weighted by Crippen LogP contribution is 2.16. The first-order chi connectivity index (χ1) is 7.01. The van der Waals surface area contributed by atoms with Crippen LogP contribution in [0.3, 0.4) is 0 Å². The highest BCUT2D eigenvalue weighted by atomic mass is 19.4. The molecule has 3 nitrogen and oxygen atoms in total. The van der Waals surface area contributed by atoms with Crippen LogP contribution in [0.15, 0.2) is 18.2 Å². The van der Waals surface area contributed by atoms with Gasteiger partial charge in [0, 0.05) is 6.54 Å². The molecule has 0 aliphatic carbocycles. The fraction of sp³-hybridized carbons (Fsp3) is 0.444. The summed E-state index contributed by atoms with van der Waals surface area (Å²) in [5.74, 6) is 0.774. The zero-order valence-electron chi connectivity index (χ0n) is 8.23. The first-order valence-electron chi connectivity index (χ1n) is 4.53. The molecule has 0 bridgehead atoms. The van der Waals surface area contributed by atoms with Crippen molar-refractivity contribution >= 4 is 11.6 Å². The Bertz CT molecular complexity index is 312. The molecule has 1 aromatic heterocycles. The highest BCUT2D eigenvalue weighted by molar-refractivity contribution is 5.45. The maximum absolute atomic E-state index is 11.9. The Kier molecular flexibility index (Phi) is 3.76. The summed E-state index contributed by atoms with van der Waals surface area (Å²) in [5, 5.41) is 5.12. The molecule has 6 heteroatoms. The Labute approximate surface area is 85.7 Å². The van der Waals surface area contributed by atoms with Gasteiger partial charge in [0.2, 0.25) is 0 Å². The molecule has 1 aromatic rings. The summed E-state index contributed by atoms with van der Waals surface area (Å²) in [5.41, 5.74) is 0. The van der Waals surface area contributed by atoms with Gasteiger partial charge in [0.1, 0.15) is 18.2 Å². The SMILES string of the molecule is CCNc1cccc(NCC(F)(F)F)n1. The van der Waals surface area contributed by atoms with Crippen LogP contribution in [0.5, 0.6) is 0 Å². The predicted octanol–water partition coefficient (Wildman–Crippen LogP) is 2.49. The third kappa shape index (κ3) is 4.53. The van der Waals surface area contributed by atoms with Crippen LogP contribution in [0.2, 0.25) is 0 Å². The molecule has 1 heterocycles. The zero-order valence-corrected chi connectivity index (χ0v) is 8.23. The van der Waals surface area contributed by atoms with E-state index in [0.29, 0.717) is 12.4 Å². The number of alkyl halides is 3. The molecule has 0 spiro atoms. The van der Waals surface area contributed by atoms with Gasteiger partial charge in [-0.2, -0.15) is 13.2 Å². The summed E-state index contributed by atoms with van der Waals surface area (Å²) in [6.45, 7) is 1.49. The number of aromatic nitrogens is 1. The number of nitrogens with one attached hydrogen (secondary N) is 2. The van der Waals surface area contributed by atoms with Crippen molar-refractivity contribution in [2.45, 2.75) is 13.1 Å². The van der Waals surface area contributed by atoms with E-state index < -0.39 is 12.7 Å². The van der Waals surface area contributed by atoms with Gasteiger partial charge in [-0.15, -0.1) is 0 Å². The van der Waals surface area contributed by atoms with E-state index in [-0.39, 0.29) is 5.82 Å². The molecule has 0 atom stereocenters. The van der Waals surface area contributed by atoms with Crippen molar-refractivity contribution in [3.63, 3.8) is 0 Å². The van der Waals surface area contributed by atoms with Gasteiger partial charge in [-0.3, -0.25) is 0 Å². The maximum Gasteiger partial charge on any atom is 0.405 e. The Morgan fingerprint density at radius 2 is 1.80 bits per heavy atom. The monoisotopic (exact) mass is 219 g/mol. The minimum Gasteiger partial charge on any atom is -0.370 e. The van der Waals surface area contributed by atoms with Crippen LogP contribution in [-0.2, 0) is 0 Å². The summed E-state index contributed by atoms with van der Waals surface area (Å²) >= 11 is 0. The van der Waals surface area contributed by atoms with Crippen LogP contribution in [0.25, 0.3) is 0 Å². The third-order valence-electron chi connectivity index (χ3n) is 1.58. The summed E-state index contributed by atoms with van der Waals surface area (Å²) in [6.07, 6.45) is -4.23. The molecule has 0 aliphatic rings. The van der Waals surface area contributed by atoms with Crippen molar-refractivity contribution in [1.29, 1.82) is 0 Å². The topological polar surface area (TPSA) is 37.0 Å². The Morgan fingerprint density at radius 3 is 2.33 bits per heavy atom. The zero-order chi connectivity index (χ0) is 11.3. The molecule has 0 aromatic carbocycles. The number of anilines is 2. The fourth-order valence-corrected chi connectivity index (χ4v) is 1.00. The molecular formula is C9H12F3N3. The second-order valence-corrected chi connectivity index (χ2v) is 2.91. The van der Waals surface area contributed by atoms with E-state index in [1.807, 2.05) is 6.92 Å². The van der Waals surface area contributed by atoms with E-state index >= 15 is 0 Å². The van der Waals surface area contributed by atoms with Crippen LogP contribution >= 0.6 is 0 Å². The van der Waals surface area contributed by atoms with E-state index in [4.69, 9.17) is 0 Å². The largest absolute Gasteiger partial charge is 0.405 e. The van der Waals surface area contributed by atoms with E-state index in [0.717, 1.165) is 0 Å². The number of hydrogen-bond donors (Lipinski definition) is 2. The molecule has 0 radical (unpaired) electrons. The molecule has 15 heavy (non-hydrogen) atoms. The first kappa shape index (κ1) is 11.6. The summed E-state index contributed by atoms with van der Waals surface area (Å²) < 4.78 is 35.7. The molecule has 0 unspecified atom stereocenters. The lowest BCUT2D eigenvalue weighted by Gasteiger charge is -2.09. The third-order valence-corrected chi connectivity index (χ3v) is 1.58. The van der Waals surface area contributed by atoms with Crippen LogP contribution in [0.1, 0.15) is 6.92 Å². The van der Waals surface area contributed by atoms with Crippen LogP contribution in [0.4, 0.5) is 24.8 Å². The normalized spacial score (nSPS) is 11.2. The molecule has 0 amide bonds. The first-order valence-corrected chi connectivity index (χ1v) is 4.53. The van der Waals surface area contributed by atoms with E-state index in [1.165, 1.54) is 6.07 Å². The number of rotatable bonds is 4. The van der Waals surface area contributed by atoms with Gasteiger partial charge >= 0.3 is 6.18 Å². The van der Waals surface area contributed by atoms with Gasteiger partial charge in [0.25, 0.3) is 0 Å². The second-order valence-electron chi connectivity index (χ2n) is 2.91. The van der Waals surface area contributed by atoms with Crippen molar-refractivity contribution in [2.24, 2.45) is 0 Å². The van der Waals surface area contributed by atoms with Gasteiger partial charge in [-0.25, -0.2) is 4.98 Å². The van der Waals surface area contributed by atoms with Gasteiger partial charge in [-0.1, -0.05) is 6.07 Å². The van der Waals surface area contributed by atoms with Crippen molar-refractivity contribution in [1.82, 2.24) is 4.98 Å². The minimum absolute atomic E-state index is 0.214. The molecule has 1 rings (SSSR count). The standard InChI is InChI=1S/C9H12F3N3/c1-2-13-7-4-3-5-8(15-7)14-6-9(10,11)12/h3-5H,2,6H2,1H3,(H2,13,14,15). The summed E-state index contributed by atoms with van der Waals surface area (Å²) in [7, 11) is 0. The van der Waals surface area contributed by atoms with E-state index in [9.17, 15) is 13.2 Å². The minimum atomic E-state index is -4.23. The lowest BCUT2D eigenvalue weighted by atomic mass is 10.4. The number of pyridine rings is 1. The van der Waals surface area contributed by atoms with E-state index in [1.54, 1.807) is 12.1 Å². The van der Waals surface area contributed by atoms with Gasteiger partial charge in [-0.05, 0) is 19.1 Å². The molecule has 2 N–H and O–H groups in total. The molecular weight excluding hydrogens is 207 g/mol. The quantitative estimate of drug-likeness (QED) is 0.816. The van der Waals surface area contributed by atoms with Crippen molar-refractivity contribution in [2.75, 3.05) is 23.7 Å². The second kappa shape index (κ2) is 4.86. The molecule has 0 fully saturated rings. The molecule has 84 valence electrons. The van der Waals surface area contributed by atoms with Crippen LogP contribution in [0, 0.1) is 0 Å². The van der Waals surface area contributed by atoms with Crippen molar-refractivity contribution in [3.8, 4) is 0 Å².